The van der Waals surface area contributed by atoms with Crippen LogP contribution in [-0.2, 0) is 19.8 Å². The van der Waals surface area contributed by atoms with Gasteiger partial charge in [0, 0.05) is 41.6 Å². The van der Waals surface area contributed by atoms with Gasteiger partial charge in [-0.2, -0.15) is 5.10 Å². The number of pyridine rings is 1. The lowest BCUT2D eigenvalue weighted by molar-refractivity contribution is 0.0951. The second-order valence-electron chi connectivity index (χ2n) is 9.31. The highest BCUT2D eigenvalue weighted by Gasteiger charge is 2.26. The van der Waals surface area contributed by atoms with Crippen LogP contribution in [0.2, 0.25) is 0 Å². The molecule has 1 saturated carbocycles. The Bertz CT molecular complexity index is 1390. The number of benzene rings is 2. The predicted octanol–water partition coefficient (Wildman–Crippen LogP) is 4.52. The molecule has 1 aliphatic carbocycles. The van der Waals surface area contributed by atoms with Gasteiger partial charge in [-0.05, 0) is 60.2 Å². The number of carbonyl (C=O) groups excluding carboxylic acids is 1. The number of aryl methyl sites for hydroxylation is 1. The number of carbonyl (C=O) groups is 1. The van der Waals surface area contributed by atoms with Crippen molar-refractivity contribution in [2.45, 2.75) is 58.4 Å². The van der Waals surface area contributed by atoms with E-state index >= 15 is 0 Å². The summed E-state index contributed by atoms with van der Waals surface area (Å²) in [5, 5.41) is 31.5. The van der Waals surface area contributed by atoms with E-state index in [9.17, 15) is 15.0 Å². The zero-order chi connectivity index (χ0) is 25.1. The second kappa shape index (κ2) is 10.5. The van der Waals surface area contributed by atoms with Crippen LogP contribution in [0.5, 0.6) is 0 Å². The third-order valence-electron chi connectivity index (χ3n) is 6.48. The number of unbranched alkanes of at least 4 members (excludes halogenated alkanes) is 1. The number of nitrogens with one attached hydrogen (secondary N) is 2. The first kappa shape index (κ1) is 24.0. The fourth-order valence-corrected chi connectivity index (χ4v) is 4.32. The molecule has 0 unspecified atom stereocenters. The smallest absolute Gasteiger partial charge is 0.255 e. The molecule has 0 spiro atoms. The Labute approximate surface area is 210 Å². The van der Waals surface area contributed by atoms with Crippen LogP contribution in [0, 0.1) is 0 Å². The molecule has 8 nitrogen and oxygen atoms in total. The number of anilines is 2. The number of aliphatic hydroxyl groups is 2. The third-order valence-corrected chi connectivity index (χ3v) is 6.48. The highest BCUT2D eigenvalue weighted by molar-refractivity contribution is 6.09. The topological polar surface area (TPSA) is 112 Å². The number of rotatable bonds is 10. The summed E-state index contributed by atoms with van der Waals surface area (Å²) in [6, 6.07) is 11.5. The Morgan fingerprint density at radius 1 is 1.14 bits per heavy atom. The van der Waals surface area contributed by atoms with Gasteiger partial charge in [0.2, 0.25) is 0 Å². The van der Waals surface area contributed by atoms with Gasteiger partial charge in [-0.25, -0.2) is 0 Å². The Balaban J connectivity index is 1.64. The van der Waals surface area contributed by atoms with E-state index in [-0.39, 0.29) is 25.2 Å². The fourth-order valence-electron chi connectivity index (χ4n) is 4.32. The molecule has 1 amide bonds. The van der Waals surface area contributed by atoms with Crippen LogP contribution in [0.15, 0.2) is 55.0 Å². The third kappa shape index (κ3) is 5.10. The minimum Gasteiger partial charge on any atom is -0.392 e. The van der Waals surface area contributed by atoms with Crippen LogP contribution >= 0.6 is 0 Å². The van der Waals surface area contributed by atoms with Gasteiger partial charge in [0.05, 0.1) is 36.2 Å². The van der Waals surface area contributed by atoms with Gasteiger partial charge in [-0.15, -0.1) is 0 Å². The molecule has 0 aliphatic heterocycles. The first-order valence-electron chi connectivity index (χ1n) is 12.5. The van der Waals surface area contributed by atoms with Crippen molar-refractivity contribution in [2.24, 2.45) is 0 Å². The molecule has 2 aromatic heterocycles. The van der Waals surface area contributed by atoms with Crippen LogP contribution in [0.3, 0.4) is 0 Å². The number of hydrogen-bond acceptors (Lipinski definition) is 6. The summed E-state index contributed by atoms with van der Waals surface area (Å²) in [5.74, 6) is -0.173. The zero-order valence-electron chi connectivity index (χ0n) is 20.4. The minimum absolute atomic E-state index is 0.0757. The van der Waals surface area contributed by atoms with E-state index in [1.807, 2.05) is 53.5 Å². The van der Waals surface area contributed by atoms with Crippen LogP contribution < -0.4 is 10.6 Å². The number of amides is 1. The molecule has 36 heavy (non-hydrogen) atoms. The predicted molar refractivity (Wildman–Crippen MR) is 140 cm³/mol. The van der Waals surface area contributed by atoms with Crippen LogP contribution in [0.4, 0.5) is 11.4 Å². The van der Waals surface area contributed by atoms with Gasteiger partial charge in [0.15, 0.2) is 0 Å². The minimum atomic E-state index is -0.173. The van der Waals surface area contributed by atoms with Gasteiger partial charge >= 0.3 is 0 Å². The maximum Gasteiger partial charge on any atom is 0.255 e. The quantitative estimate of drug-likeness (QED) is 0.263. The Morgan fingerprint density at radius 2 is 2.00 bits per heavy atom. The first-order chi connectivity index (χ1) is 17.6. The fraction of sp³-hybridized carbons (Fsp3) is 0.321. The highest BCUT2D eigenvalue weighted by Crippen LogP contribution is 2.35. The lowest BCUT2D eigenvalue weighted by Gasteiger charge is -2.17. The summed E-state index contributed by atoms with van der Waals surface area (Å²) < 4.78 is 1.92. The van der Waals surface area contributed by atoms with Crippen molar-refractivity contribution in [2.75, 3.05) is 5.32 Å². The summed E-state index contributed by atoms with van der Waals surface area (Å²) >= 11 is 0. The molecule has 186 valence electrons. The van der Waals surface area contributed by atoms with Crippen molar-refractivity contribution >= 4 is 28.2 Å². The Kier molecular flexibility index (Phi) is 6.97. The van der Waals surface area contributed by atoms with Crippen molar-refractivity contribution in [3.8, 4) is 11.1 Å². The summed E-state index contributed by atoms with van der Waals surface area (Å²) in [4.78, 5) is 17.8. The van der Waals surface area contributed by atoms with Gasteiger partial charge in [0.25, 0.3) is 5.91 Å². The standard InChI is InChI=1S/C28H31N5O3/c1-2-3-9-33-15-20(13-30-33)23-12-24-26(11-19(23)17-35)29-14-25(28(36)32-21-7-8-21)27(24)31-22-6-4-5-18(10-22)16-34/h4-6,10-15,21,34-35H,2-3,7-9,16-17H2,1H3,(H,29,31)(H,32,36). The molecule has 0 bridgehead atoms. The van der Waals surface area contributed by atoms with E-state index < -0.39 is 0 Å². The molecule has 4 aromatic rings. The van der Waals surface area contributed by atoms with Crippen molar-refractivity contribution in [1.82, 2.24) is 20.1 Å². The molecule has 8 heteroatoms. The number of fused-ring (bicyclic) bond motifs is 1. The Morgan fingerprint density at radius 3 is 2.75 bits per heavy atom. The summed E-state index contributed by atoms with van der Waals surface area (Å²) in [5.41, 5.74) is 5.78. The van der Waals surface area contributed by atoms with Crippen molar-refractivity contribution in [1.29, 1.82) is 0 Å². The lowest BCUT2D eigenvalue weighted by Crippen LogP contribution is -2.26. The van der Waals surface area contributed by atoms with Crippen molar-refractivity contribution in [3.63, 3.8) is 0 Å². The van der Waals surface area contributed by atoms with Crippen LogP contribution in [0.1, 0.15) is 54.1 Å². The molecule has 5 rings (SSSR count). The van der Waals surface area contributed by atoms with Gasteiger partial charge in [0.1, 0.15) is 0 Å². The number of nitrogens with zero attached hydrogens (tertiary/aromatic N) is 3. The van der Waals surface area contributed by atoms with E-state index in [4.69, 9.17) is 0 Å². The maximum absolute atomic E-state index is 13.2. The van der Waals surface area contributed by atoms with Gasteiger partial charge in [-0.1, -0.05) is 25.5 Å². The number of hydrogen-bond donors (Lipinski definition) is 4. The summed E-state index contributed by atoms with van der Waals surface area (Å²) in [7, 11) is 0. The maximum atomic E-state index is 13.2. The summed E-state index contributed by atoms with van der Waals surface area (Å²) in [6.07, 6.45) is 9.48. The molecule has 1 aliphatic rings. The van der Waals surface area contributed by atoms with E-state index in [0.29, 0.717) is 16.8 Å². The van der Waals surface area contributed by atoms with Gasteiger partial charge in [-0.3, -0.25) is 14.5 Å². The lowest BCUT2D eigenvalue weighted by atomic mass is 9.97. The highest BCUT2D eigenvalue weighted by atomic mass is 16.3. The van der Waals surface area contributed by atoms with E-state index in [2.05, 4.69) is 27.6 Å². The van der Waals surface area contributed by atoms with Crippen molar-refractivity contribution < 1.29 is 15.0 Å². The second-order valence-corrected chi connectivity index (χ2v) is 9.31. The molecule has 0 radical (unpaired) electrons. The Hall–Kier alpha value is -3.75. The molecular formula is C28H31N5O3. The normalized spacial score (nSPS) is 13.2. The number of aromatic nitrogens is 3. The van der Waals surface area contributed by atoms with E-state index in [1.165, 1.54) is 0 Å². The van der Waals surface area contributed by atoms with Gasteiger partial charge < -0.3 is 20.8 Å². The summed E-state index contributed by atoms with van der Waals surface area (Å²) in [6.45, 7) is 2.76. The SMILES string of the molecule is CCCCn1cc(-c2cc3c(Nc4cccc(CO)c4)c(C(=O)NC4CC4)cnc3cc2CO)cn1. The van der Waals surface area contributed by atoms with E-state index in [1.54, 1.807) is 6.20 Å². The first-order valence-corrected chi connectivity index (χ1v) is 12.5. The number of aliphatic hydroxyl groups excluding tert-OH is 2. The van der Waals surface area contributed by atoms with E-state index in [0.717, 1.165) is 65.6 Å². The largest absolute Gasteiger partial charge is 0.392 e. The monoisotopic (exact) mass is 485 g/mol. The molecule has 4 N–H and O–H groups in total. The molecule has 0 atom stereocenters. The zero-order valence-corrected chi connectivity index (χ0v) is 20.4. The van der Waals surface area contributed by atoms with Crippen LogP contribution in [-0.4, -0.2) is 36.9 Å². The molecule has 0 saturated heterocycles. The molecule has 2 heterocycles. The molecule has 2 aromatic carbocycles. The molecular weight excluding hydrogens is 454 g/mol. The average Bonchev–Trinajstić information content (AvgIpc) is 3.59. The average molecular weight is 486 g/mol. The molecule has 1 fully saturated rings. The van der Waals surface area contributed by atoms with Crippen LogP contribution in [0.25, 0.3) is 22.0 Å². The van der Waals surface area contributed by atoms with Crippen molar-refractivity contribution in [3.05, 3.63) is 71.7 Å².